The van der Waals surface area contributed by atoms with Gasteiger partial charge >= 0.3 is 6.03 Å². The molecule has 1 rings (SSSR count). The van der Waals surface area contributed by atoms with Crippen LogP contribution in [0.4, 0.5) is 10.5 Å². The Morgan fingerprint density at radius 3 is 2.82 bits per heavy atom. The van der Waals surface area contributed by atoms with Crippen LogP contribution in [0.3, 0.4) is 0 Å². The van der Waals surface area contributed by atoms with Gasteiger partial charge in [-0.15, -0.1) is 11.8 Å². The molecule has 3 amide bonds. The van der Waals surface area contributed by atoms with E-state index in [-0.39, 0.29) is 12.3 Å². The number of carbonyl (C=O) groups excluding carboxylic acids is 2. The number of amides is 3. The second-order valence-electron chi connectivity index (χ2n) is 3.16. The molecule has 4 N–H and O–H groups in total. The monoisotopic (exact) mass is 254 g/mol. The number of imide groups is 1. The number of thioether (sulfide) groups is 1. The summed E-state index contributed by atoms with van der Waals surface area (Å²) in [6.45, 7) is 0. The van der Waals surface area contributed by atoms with Gasteiger partial charge in [0.1, 0.15) is 0 Å². The van der Waals surface area contributed by atoms with Gasteiger partial charge in [-0.1, -0.05) is 0 Å². The lowest BCUT2D eigenvalue weighted by Gasteiger charge is -2.03. The summed E-state index contributed by atoms with van der Waals surface area (Å²) in [4.78, 5) is 26.1. The van der Waals surface area contributed by atoms with Crippen LogP contribution in [0.1, 0.15) is 6.42 Å². The molecule has 0 aliphatic rings. The number of nitrogens with two attached hydrogens (primary N) is 1. The highest BCUT2D eigenvalue weighted by atomic mass is 32.2. The maximum atomic E-state index is 11.2. The van der Waals surface area contributed by atoms with E-state index in [1.807, 2.05) is 0 Å². The molecule has 1 aromatic rings. The Hall–Kier alpha value is -1.76. The minimum atomic E-state index is -0.495. The second-order valence-corrected chi connectivity index (χ2v) is 4.27. The SMILES string of the molecule is CNC(=O)NC(=O)CCSc1ccc(N)cn1. The lowest BCUT2D eigenvalue weighted by molar-refractivity contribution is -0.119. The summed E-state index contributed by atoms with van der Waals surface area (Å²) in [5.41, 5.74) is 6.10. The Morgan fingerprint density at radius 1 is 1.47 bits per heavy atom. The molecule has 7 heteroatoms. The minimum Gasteiger partial charge on any atom is -0.397 e. The van der Waals surface area contributed by atoms with E-state index >= 15 is 0 Å². The third-order valence-electron chi connectivity index (χ3n) is 1.82. The molecule has 0 fully saturated rings. The molecule has 0 unspecified atom stereocenters. The molecule has 6 nitrogen and oxygen atoms in total. The lowest BCUT2D eigenvalue weighted by Crippen LogP contribution is -2.37. The number of hydrogen-bond donors (Lipinski definition) is 3. The van der Waals surface area contributed by atoms with Crippen molar-refractivity contribution >= 4 is 29.4 Å². The smallest absolute Gasteiger partial charge is 0.321 e. The maximum Gasteiger partial charge on any atom is 0.321 e. The summed E-state index contributed by atoms with van der Waals surface area (Å²) in [6.07, 6.45) is 1.82. The van der Waals surface area contributed by atoms with Crippen LogP contribution in [0, 0.1) is 0 Å². The Labute approximate surface area is 103 Å². The number of nitrogens with one attached hydrogen (secondary N) is 2. The molecule has 1 aromatic heterocycles. The first-order valence-electron chi connectivity index (χ1n) is 4.97. The van der Waals surface area contributed by atoms with Gasteiger partial charge in [-0.05, 0) is 12.1 Å². The van der Waals surface area contributed by atoms with Crippen molar-refractivity contribution in [1.29, 1.82) is 0 Å². The number of nitrogens with zero attached hydrogens (tertiary/aromatic N) is 1. The lowest BCUT2D eigenvalue weighted by atomic mass is 10.4. The molecule has 0 saturated heterocycles. The van der Waals surface area contributed by atoms with Gasteiger partial charge in [0.2, 0.25) is 5.91 Å². The van der Waals surface area contributed by atoms with Crippen LogP contribution in [0.5, 0.6) is 0 Å². The Morgan fingerprint density at radius 2 is 2.24 bits per heavy atom. The average Bonchev–Trinajstić information content (AvgIpc) is 2.31. The fourth-order valence-corrected chi connectivity index (χ4v) is 1.77. The van der Waals surface area contributed by atoms with Gasteiger partial charge in [-0.2, -0.15) is 0 Å². The second kappa shape index (κ2) is 6.74. The Bertz CT molecular complexity index is 394. The van der Waals surface area contributed by atoms with Crippen LogP contribution in [0.25, 0.3) is 0 Å². The predicted molar refractivity (Wildman–Crippen MR) is 66.6 cm³/mol. The molecule has 0 spiro atoms. The average molecular weight is 254 g/mol. The van der Waals surface area contributed by atoms with Crippen molar-refractivity contribution in [2.75, 3.05) is 18.5 Å². The largest absolute Gasteiger partial charge is 0.397 e. The van der Waals surface area contributed by atoms with Crippen LogP contribution in [0.15, 0.2) is 23.4 Å². The highest BCUT2D eigenvalue weighted by molar-refractivity contribution is 7.99. The van der Waals surface area contributed by atoms with Gasteiger partial charge in [0.15, 0.2) is 0 Å². The number of urea groups is 1. The molecular formula is C10H14N4O2S. The van der Waals surface area contributed by atoms with Gasteiger partial charge in [-0.25, -0.2) is 9.78 Å². The van der Waals surface area contributed by atoms with E-state index in [9.17, 15) is 9.59 Å². The van der Waals surface area contributed by atoms with Crippen molar-refractivity contribution in [2.24, 2.45) is 0 Å². The van der Waals surface area contributed by atoms with E-state index in [1.165, 1.54) is 18.8 Å². The van der Waals surface area contributed by atoms with Crippen molar-refractivity contribution in [1.82, 2.24) is 15.6 Å². The topological polar surface area (TPSA) is 97.1 Å². The Kier molecular flexibility index (Phi) is 5.28. The first kappa shape index (κ1) is 13.3. The molecule has 0 aliphatic heterocycles. The van der Waals surface area contributed by atoms with Crippen molar-refractivity contribution in [2.45, 2.75) is 11.4 Å². The zero-order valence-electron chi connectivity index (χ0n) is 9.40. The van der Waals surface area contributed by atoms with E-state index in [4.69, 9.17) is 5.73 Å². The van der Waals surface area contributed by atoms with Gasteiger partial charge < -0.3 is 11.1 Å². The first-order valence-corrected chi connectivity index (χ1v) is 5.96. The Balaban J connectivity index is 2.26. The molecule has 1 heterocycles. The first-order chi connectivity index (χ1) is 8.11. The maximum absolute atomic E-state index is 11.2. The fourth-order valence-electron chi connectivity index (χ4n) is 0.977. The number of anilines is 1. The van der Waals surface area contributed by atoms with E-state index in [1.54, 1.807) is 18.3 Å². The van der Waals surface area contributed by atoms with Crippen LogP contribution < -0.4 is 16.4 Å². The highest BCUT2D eigenvalue weighted by Gasteiger charge is 2.05. The summed E-state index contributed by atoms with van der Waals surface area (Å²) in [6, 6.07) is 3.04. The van der Waals surface area contributed by atoms with Crippen LogP contribution in [-0.2, 0) is 4.79 Å². The third-order valence-corrected chi connectivity index (χ3v) is 2.76. The molecule has 0 bridgehead atoms. The summed E-state index contributed by atoms with van der Waals surface area (Å²) >= 11 is 1.43. The number of rotatable bonds is 4. The van der Waals surface area contributed by atoms with E-state index in [2.05, 4.69) is 15.6 Å². The summed E-state index contributed by atoms with van der Waals surface area (Å²) in [5.74, 6) is 0.243. The van der Waals surface area contributed by atoms with Crippen LogP contribution >= 0.6 is 11.8 Å². The number of pyridine rings is 1. The molecular weight excluding hydrogens is 240 g/mol. The van der Waals surface area contributed by atoms with E-state index in [0.29, 0.717) is 11.4 Å². The molecule has 0 atom stereocenters. The van der Waals surface area contributed by atoms with Gasteiger partial charge in [-0.3, -0.25) is 10.1 Å². The van der Waals surface area contributed by atoms with Crippen LogP contribution in [0.2, 0.25) is 0 Å². The predicted octanol–water partition coefficient (Wildman–Crippen LogP) is 0.602. The molecule has 0 aliphatic carbocycles. The van der Waals surface area contributed by atoms with Gasteiger partial charge in [0.05, 0.1) is 16.9 Å². The van der Waals surface area contributed by atoms with Crippen molar-refractivity contribution in [3.8, 4) is 0 Å². The summed E-state index contributed by atoms with van der Waals surface area (Å²) in [7, 11) is 1.45. The number of aromatic nitrogens is 1. The fraction of sp³-hybridized carbons (Fsp3) is 0.300. The van der Waals surface area contributed by atoms with Gasteiger partial charge in [0, 0.05) is 19.2 Å². The summed E-state index contributed by atoms with van der Waals surface area (Å²) in [5, 5.41) is 5.29. The van der Waals surface area contributed by atoms with Crippen LogP contribution in [-0.4, -0.2) is 29.7 Å². The number of carbonyl (C=O) groups is 2. The van der Waals surface area contributed by atoms with E-state index in [0.717, 1.165) is 5.03 Å². The normalized spacial score (nSPS) is 9.71. The number of nitrogen functional groups attached to an aromatic ring is 1. The minimum absolute atomic E-state index is 0.254. The molecule has 0 aromatic carbocycles. The molecule has 92 valence electrons. The summed E-state index contributed by atoms with van der Waals surface area (Å²) < 4.78 is 0. The quantitative estimate of drug-likeness (QED) is 0.684. The molecule has 0 saturated carbocycles. The third kappa shape index (κ3) is 5.21. The number of hydrogen-bond acceptors (Lipinski definition) is 5. The zero-order valence-corrected chi connectivity index (χ0v) is 10.2. The highest BCUT2D eigenvalue weighted by Crippen LogP contribution is 2.16. The zero-order chi connectivity index (χ0) is 12.7. The van der Waals surface area contributed by atoms with Crippen molar-refractivity contribution < 1.29 is 9.59 Å². The standard InChI is InChI=1S/C10H14N4O2S/c1-12-10(16)14-8(15)4-5-17-9-3-2-7(11)6-13-9/h2-3,6H,4-5,11H2,1H3,(H2,12,14,15,16). The van der Waals surface area contributed by atoms with Gasteiger partial charge in [0.25, 0.3) is 0 Å². The van der Waals surface area contributed by atoms with Crippen molar-refractivity contribution in [3.05, 3.63) is 18.3 Å². The molecule has 17 heavy (non-hydrogen) atoms. The van der Waals surface area contributed by atoms with E-state index < -0.39 is 6.03 Å². The van der Waals surface area contributed by atoms with Crippen molar-refractivity contribution in [3.63, 3.8) is 0 Å². The molecule has 0 radical (unpaired) electrons.